The Kier molecular flexibility index (Phi) is 3.31. The van der Waals surface area contributed by atoms with Crippen LogP contribution in [0.1, 0.15) is 32.2 Å². The minimum Gasteiger partial charge on any atom is -0.383 e. The van der Waals surface area contributed by atoms with Crippen LogP contribution in [-0.2, 0) is 5.41 Å². The van der Waals surface area contributed by atoms with Crippen LogP contribution in [0.2, 0.25) is 0 Å². The molecule has 18 heavy (non-hydrogen) atoms. The number of nitrogens with two attached hydrogens (primary N) is 1. The van der Waals surface area contributed by atoms with E-state index in [4.69, 9.17) is 5.73 Å². The lowest BCUT2D eigenvalue weighted by Crippen LogP contribution is -2.20. The Balaban J connectivity index is 2.63. The Morgan fingerprint density at radius 3 is 2.44 bits per heavy atom. The third-order valence-electron chi connectivity index (χ3n) is 2.60. The number of aromatic nitrogens is 4. The normalized spacial score (nSPS) is 11.8. The van der Waals surface area contributed by atoms with Gasteiger partial charge < -0.3 is 5.73 Å². The highest BCUT2D eigenvalue weighted by molar-refractivity contribution is 14.1. The summed E-state index contributed by atoms with van der Waals surface area (Å²) in [5.74, 6) is 1.98. The first kappa shape index (κ1) is 13.3. The monoisotopic (exact) mass is 357 g/mol. The van der Waals surface area contributed by atoms with Crippen molar-refractivity contribution in [3.05, 3.63) is 27.4 Å². The smallest absolute Gasteiger partial charge is 0.162 e. The molecule has 0 aliphatic carbocycles. The first-order valence-electron chi connectivity index (χ1n) is 5.64. The van der Waals surface area contributed by atoms with Gasteiger partial charge >= 0.3 is 0 Å². The maximum atomic E-state index is 5.97. The number of hydrogen-bond donors (Lipinski definition) is 1. The Morgan fingerprint density at radius 1 is 1.28 bits per heavy atom. The molecular weight excluding hydrogens is 341 g/mol. The minimum atomic E-state index is -0.142. The van der Waals surface area contributed by atoms with Crippen LogP contribution in [0.25, 0.3) is 5.82 Å². The fourth-order valence-electron chi connectivity index (χ4n) is 1.50. The van der Waals surface area contributed by atoms with Crippen molar-refractivity contribution in [2.75, 3.05) is 5.73 Å². The highest BCUT2D eigenvalue weighted by Gasteiger charge is 2.21. The zero-order valence-corrected chi connectivity index (χ0v) is 13.1. The predicted molar refractivity (Wildman–Crippen MR) is 79.7 cm³/mol. The lowest BCUT2D eigenvalue weighted by molar-refractivity contribution is 0.542. The standard InChI is InChI=1S/C12H16IN5/c1-7-9(14)16-11(12(2,3)4)17-10(7)18-6-8(13)5-15-18/h5-6H,1-4H3,(H2,14,16,17). The van der Waals surface area contributed by atoms with Crippen molar-refractivity contribution in [1.82, 2.24) is 19.7 Å². The number of nitrogens with zero attached hydrogens (tertiary/aromatic N) is 4. The van der Waals surface area contributed by atoms with Gasteiger partial charge in [0.25, 0.3) is 0 Å². The summed E-state index contributed by atoms with van der Waals surface area (Å²) in [7, 11) is 0. The summed E-state index contributed by atoms with van der Waals surface area (Å²) in [6, 6.07) is 0. The van der Waals surface area contributed by atoms with Gasteiger partial charge in [-0.05, 0) is 29.5 Å². The second kappa shape index (κ2) is 4.49. The number of nitrogen functional groups attached to an aromatic ring is 1. The average molecular weight is 357 g/mol. The van der Waals surface area contributed by atoms with Gasteiger partial charge in [0.05, 0.1) is 9.77 Å². The minimum absolute atomic E-state index is 0.142. The lowest BCUT2D eigenvalue weighted by atomic mass is 9.95. The molecule has 2 aromatic rings. The molecule has 2 rings (SSSR count). The van der Waals surface area contributed by atoms with E-state index in [-0.39, 0.29) is 5.41 Å². The summed E-state index contributed by atoms with van der Waals surface area (Å²) in [4.78, 5) is 8.95. The number of rotatable bonds is 1. The van der Waals surface area contributed by atoms with E-state index in [0.717, 1.165) is 20.8 Å². The van der Waals surface area contributed by atoms with Gasteiger partial charge in [-0.25, -0.2) is 14.6 Å². The van der Waals surface area contributed by atoms with Gasteiger partial charge in [0.2, 0.25) is 0 Å². The number of anilines is 1. The quantitative estimate of drug-likeness (QED) is 0.796. The van der Waals surface area contributed by atoms with E-state index in [2.05, 4.69) is 58.4 Å². The summed E-state index contributed by atoms with van der Waals surface area (Å²) in [5, 5.41) is 4.27. The summed E-state index contributed by atoms with van der Waals surface area (Å²) in [6.45, 7) is 8.10. The van der Waals surface area contributed by atoms with Crippen LogP contribution in [0.3, 0.4) is 0 Å². The first-order chi connectivity index (χ1) is 8.29. The second-order valence-electron chi connectivity index (χ2n) is 5.23. The molecule has 5 nitrogen and oxygen atoms in total. The molecule has 0 radical (unpaired) electrons. The van der Waals surface area contributed by atoms with Gasteiger partial charge in [-0.2, -0.15) is 5.10 Å². The van der Waals surface area contributed by atoms with Crippen LogP contribution in [0.15, 0.2) is 12.4 Å². The summed E-state index contributed by atoms with van der Waals surface area (Å²) >= 11 is 2.21. The summed E-state index contributed by atoms with van der Waals surface area (Å²) < 4.78 is 2.80. The molecule has 0 aromatic carbocycles. The van der Waals surface area contributed by atoms with Gasteiger partial charge in [0, 0.05) is 17.2 Å². The second-order valence-corrected chi connectivity index (χ2v) is 6.48. The van der Waals surface area contributed by atoms with Gasteiger partial charge in [0.15, 0.2) is 5.82 Å². The Labute approximate surface area is 120 Å². The van der Waals surface area contributed by atoms with E-state index in [1.54, 1.807) is 10.9 Å². The van der Waals surface area contributed by atoms with E-state index in [0.29, 0.717) is 5.82 Å². The third kappa shape index (κ3) is 2.47. The van der Waals surface area contributed by atoms with E-state index >= 15 is 0 Å². The zero-order valence-electron chi connectivity index (χ0n) is 10.9. The molecule has 2 heterocycles. The van der Waals surface area contributed by atoms with Crippen molar-refractivity contribution in [2.45, 2.75) is 33.1 Å². The maximum absolute atomic E-state index is 5.97. The van der Waals surface area contributed by atoms with Gasteiger partial charge in [-0.15, -0.1) is 0 Å². The molecule has 0 saturated carbocycles. The van der Waals surface area contributed by atoms with Gasteiger partial charge in [-0.1, -0.05) is 20.8 Å². The van der Waals surface area contributed by atoms with Gasteiger partial charge in [0.1, 0.15) is 11.6 Å². The summed E-state index contributed by atoms with van der Waals surface area (Å²) in [6.07, 6.45) is 3.71. The van der Waals surface area contributed by atoms with Crippen molar-refractivity contribution >= 4 is 28.4 Å². The number of halogens is 1. The van der Waals surface area contributed by atoms with Crippen LogP contribution < -0.4 is 5.73 Å². The van der Waals surface area contributed by atoms with Crippen LogP contribution in [0.4, 0.5) is 5.82 Å². The molecule has 0 spiro atoms. The van der Waals surface area contributed by atoms with Crippen LogP contribution in [-0.4, -0.2) is 19.7 Å². The van der Waals surface area contributed by atoms with Crippen molar-refractivity contribution in [3.8, 4) is 5.82 Å². The zero-order chi connectivity index (χ0) is 13.5. The SMILES string of the molecule is Cc1c(N)nc(C(C)(C)C)nc1-n1cc(I)cn1. The van der Waals surface area contributed by atoms with Gasteiger partial charge in [-0.3, -0.25) is 0 Å². The molecule has 0 amide bonds. The third-order valence-corrected chi connectivity index (χ3v) is 3.15. The van der Waals surface area contributed by atoms with Crippen molar-refractivity contribution in [3.63, 3.8) is 0 Å². The lowest BCUT2D eigenvalue weighted by Gasteiger charge is -2.19. The fourth-order valence-corrected chi connectivity index (χ4v) is 1.89. The van der Waals surface area contributed by atoms with Crippen LogP contribution in [0, 0.1) is 10.5 Å². The Morgan fingerprint density at radius 2 is 1.94 bits per heavy atom. The highest BCUT2D eigenvalue weighted by atomic mass is 127. The van der Waals surface area contributed by atoms with E-state index in [9.17, 15) is 0 Å². The number of hydrogen-bond acceptors (Lipinski definition) is 4. The average Bonchev–Trinajstić information content (AvgIpc) is 2.67. The molecule has 0 unspecified atom stereocenters. The molecule has 0 atom stereocenters. The fraction of sp³-hybridized carbons (Fsp3) is 0.417. The highest BCUT2D eigenvalue weighted by Crippen LogP contribution is 2.24. The Bertz CT molecular complexity index is 583. The van der Waals surface area contributed by atoms with E-state index < -0.39 is 0 Å². The first-order valence-corrected chi connectivity index (χ1v) is 6.72. The molecule has 6 heteroatoms. The van der Waals surface area contributed by atoms with Crippen molar-refractivity contribution < 1.29 is 0 Å². The van der Waals surface area contributed by atoms with Crippen molar-refractivity contribution in [1.29, 1.82) is 0 Å². The van der Waals surface area contributed by atoms with E-state index in [1.807, 2.05) is 13.1 Å². The topological polar surface area (TPSA) is 69.6 Å². The predicted octanol–water partition coefficient (Wildman–Crippen LogP) is 2.46. The van der Waals surface area contributed by atoms with Crippen LogP contribution in [0.5, 0.6) is 0 Å². The molecule has 96 valence electrons. The maximum Gasteiger partial charge on any atom is 0.162 e. The van der Waals surface area contributed by atoms with Crippen molar-refractivity contribution in [2.24, 2.45) is 0 Å². The largest absolute Gasteiger partial charge is 0.383 e. The van der Waals surface area contributed by atoms with E-state index in [1.165, 1.54) is 0 Å². The molecule has 2 N–H and O–H groups in total. The summed E-state index contributed by atoms with van der Waals surface area (Å²) in [5.41, 5.74) is 6.68. The molecule has 0 aliphatic heterocycles. The molecule has 0 bridgehead atoms. The molecular formula is C12H16IN5. The molecule has 0 saturated heterocycles. The molecule has 0 fully saturated rings. The van der Waals surface area contributed by atoms with Crippen LogP contribution >= 0.6 is 22.6 Å². The molecule has 0 aliphatic rings. The molecule has 2 aromatic heterocycles. The Hall–Kier alpha value is -1.18.